The number of halogens is 1. The third-order valence-electron chi connectivity index (χ3n) is 20.1. The molecule has 8 nitrogen and oxygen atoms in total. The summed E-state index contributed by atoms with van der Waals surface area (Å²) in [6.07, 6.45) is 13.9. The fraction of sp³-hybridized carbons (Fsp3) is 0.725. The Morgan fingerprint density at radius 1 is 0.867 bits per heavy atom. The minimum Gasteiger partial charge on any atom is -0.481 e. The summed E-state index contributed by atoms with van der Waals surface area (Å²) in [5, 5.41) is 9.70. The number of nitrogens with zero attached hydrogens (tertiary/aromatic N) is 2. The number of aromatic amines is 1. The molecule has 6 aliphatic carbocycles. The largest absolute Gasteiger partial charge is 0.481 e. The first-order chi connectivity index (χ1) is 28.2. The summed E-state index contributed by atoms with van der Waals surface area (Å²) in [7, 11) is 0. The number of rotatable bonds is 7. The highest BCUT2D eigenvalue weighted by Gasteiger charge is 2.72. The molecule has 9 rings (SSSR count). The molecule has 9 heteroatoms. The molecule has 0 bridgehead atoms. The zero-order chi connectivity index (χ0) is 42.9. The second kappa shape index (κ2) is 14.0. The molecule has 13 atom stereocenters. The number of fused-ring (bicyclic) bond motifs is 7. The number of carboxylic acid groups (broad SMARTS) is 1. The third kappa shape index (κ3) is 5.70. The molecule has 326 valence electrons. The van der Waals surface area contributed by atoms with Crippen LogP contribution >= 0.6 is 0 Å². The van der Waals surface area contributed by atoms with E-state index in [1.807, 2.05) is 19.9 Å². The molecule has 2 N–H and O–H groups in total. The monoisotopic (exact) mass is 824 g/mol. The zero-order valence-electron chi connectivity index (χ0n) is 37.5. The number of aromatic nitrogens is 2. The predicted molar refractivity (Wildman–Crippen MR) is 230 cm³/mol. The summed E-state index contributed by atoms with van der Waals surface area (Å²) in [5.74, 6) is 0.773. The maximum atomic E-state index is 15.5. The molecule has 1 aromatic heterocycles. The molecule has 1 amide bonds. The fourth-order valence-corrected chi connectivity index (χ4v) is 16.6. The molecular formula is C51H70FN3O5. The van der Waals surface area contributed by atoms with E-state index in [2.05, 4.69) is 58.0 Å². The predicted octanol–water partition coefficient (Wildman–Crippen LogP) is 11.2. The van der Waals surface area contributed by atoms with Crippen LogP contribution in [0.15, 0.2) is 42.6 Å². The maximum absolute atomic E-state index is 15.5. The van der Waals surface area contributed by atoms with Gasteiger partial charge in [-0.25, -0.2) is 9.37 Å². The van der Waals surface area contributed by atoms with Crippen LogP contribution in [0.2, 0.25) is 0 Å². The quantitative estimate of drug-likeness (QED) is 0.212. The van der Waals surface area contributed by atoms with Gasteiger partial charge in [0.25, 0.3) is 0 Å². The van der Waals surface area contributed by atoms with Gasteiger partial charge in [-0.2, -0.15) is 0 Å². The normalized spacial score (nSPS) is 42.5. The number of carbonyl (C=O) groups excluding carboxylic acids is 2. The number of benzene rings is 1. The van der Waals surface area contributed by atoms with E-state index < -0.39 is 22.7 Å². The van der Waals surface area contributed by atoms with Crippen LogP contribution in [0.5, 0.6) is 0 Å². The first kappa shape index (κ1) is 41.8. The van der Waals surface area contributed by atoms with E-state index in [1.54, 1.807) is 18.3 Å². The highest BCUT2D eigenvalue weighted by molar-refractivity contribution is 5.85. The van der Waals surface area contributed by atoms with Crippen molar-refractivity contribution in [2.75, 3.05) is 6.54 Å². The van der Waals surface area contributed by atoms with Crippen molar-refractivity contribution in [3.63, 3.8) is 0 Å². The lowest BCUT2D eigenvalue weighted by molar-refractivity contribution is -0.251. The van der Waals surface area contributed by atoms with Gasteiger partial charge >= 0.3 is 11.9 Å². The van der Waals surface area contributed by atoms with Crippen LogP contribution in [0.4, 0.5) is 4.39 Å². The number of esters is 1. The Balaban J connectivity index is 0.969. The van der Waals surface area contributed by atoms with Crippen molar-refractivity contribution < 1.29 is 28.6 Å². The molecular weight excluding hydrogens is 754 g/mol. The van der Waals surface area contributed by atoms with Crippen LogP contribution < -0.4 is 0 Å². The summed E-state index contributed by atoms with van der Waals surface area (Å²) < 4.78 is 21.2. The molecule has 1 saturated heterocycles. The number of ether oxygens (including phenoxy) is 1. The van der Waals surface area contributed by atoms with E-state index in [-0.39, 0.29) is 57.4 Å². The first-order valence-electron chi connectivity index (χ1n) is 23.4. The van der Waals surface area contributed by atoms with E-state index >= 15 is 4.79 Å². The number of aliphatic carboxylic acids is 1. The van der Waals surface area contributed by atoms with E-state index in [0.717, 1.165) is 89.4 Å². The van der Waals surface area contributed by atoms with Crippen molar-refractivity contribution in [1.29, 1.82) is 0 Å². The van der Waals surface area contributed by atoms with E-state index in [1.165, 1.54) is 11.6 Å². The van der Waals surface area contributed by atoms with Crippen LogP contribution in [0.1, 0.15) is 151 Å². The molecule has 0 spiro atoms. The lowest BCUT2D eigenvalue weighted by atomic mass is 9.32. The van der Waals surface area contributed by atoms with Crippen LogP contribution in [-0.2, 0) is 19.1 Å². The number of likely N-dealkylation sites (tertiary alicyclic amines) is 1. The number of amides is 1. The van der Waals surface area contributed by atoms with Gasteiger partial charge in [0.05, 0.1) is 35.2 Å². The molecule has 1 aliphatic heterocycles. The summed E-state index contributed by atoms with van der Waals surface area (Å²) in [6, 6.07) is 6.63. The van der Waals surface area contributed by atoms with E-state index in [4.69, 9.17) is 9.72 Å². The Labute approximate surface area is 357 Å². The van der Waals surface area contributed by atoms with E-state index in [0.29, 0.717) is 47.3 Å². The van der Waals surface area contributed by atoms with E-state index in [9.17, 15) is 19.1 Å². The summed E-state index contributed by atoms with van der Waals surface area (Å²) >= 11 is 0. The van der Waals surface area contributed by atoms with Gasteiger partial charge in [-0.1, -0.05) is 72.8 Å². The highest BCUT2D eigenvalue weighted by atomic mass is 19.1. The topological polar surface area (TPSA) is 113 Å². The molecule has 60 heavy (non-hydrogen) atoms. The number of carboxylic acids is 1. The number of carbonyl (C=O) groups is 3. The average Bonchev–Trinajstić information content (AvgIpc) is 3.95. The van der Waals surface area contributed by atoms with Crippen molar-refractivity contribution in [2.45, 2.75) is 151 Å². The molecule has 1 unspecified atom stereocenters. The Morgan fingerprint density at radius 3 is 2.32 bits per heavy atom. The summed E-state index contributed by atoms with van der Waals surface area (Å²) in [4.78, 5) is 51.4. The van der Waals surface area contributed by atoms with Crippen molar-refractivity contribution in [2.24, 2.45) is 73.9 Å². The second-order valence-corrected chi connectivity index (χ2v) is 22.9. The number of imidazole rings is 1. The average molecular weight is 824 g/mol. The number of hydrogen-bond donors (Lipinski definition) is 2. The van der Waals surface area contributed by atoms with Crippen LogP contribution in [0.25, 0.3) is 11.3 Å². The second-order valence-electron chi connectivity index (χ2n) is 22.9. The van der Waals surface area contributed by atoms with Crippen molar-refractivity contribution >= 4 is 17.8 Å². The number of allylic oxidation sites excluding steroid dienone is 1. The van der Waals surface area contributed by atoms with Gasteiger partial charge in [-0.05, 0) is 154 Å². The lowest BCUT2D eigenvalue weighted by Gasteiger charge is -2.73. The van der Waals surface area contributed by atoms with Gasteiger partial charge in [0.15, 0.2) is 0 Å². The Morgan fingerprint density at radius 2 is 1.62 bits per heavy atom. The zero-order valence-corrected chi connectivity index (χ0v) is 37.5. The Kier molecular flexibility index (Phi) is 9.77. The van der Waals surface area contributed by atoms with Crippen molar-refractivity contribution in [3.8, 4) is 11.3 Å². The van der Waals surface area contributed by atoms with Crippen LogP contribution in [0, 0.1) is 79.7 Å². The lowest BCUT2D eigenvalue weighted by Crippen LogP contribution is -2.67. The van der Waals surface area contributed by atoms with Crippen LogP contribution in [0.3, 0.4) is 0 Å². The molecule has 7 aliphatic rings. The fourth-order valence-electron chi connectivity index (χ4n) is 16.6. The molecule has 1 aromatic carbocycles. The Bertz CT molecular complexity index is 2090. The third-order valence-corrected chi connectivity index (χ3v) is 20.1. The summed E-state index contributed by atoms with van der Waals surface area (Å²) in [5.41, 5.74) is 1.40. The smallest absolute Gasteiger partial charge is 0.309 e. The molecule has 2 heterocycles. The molecule has 7 fully saturated rings. The number of nitrogens with one attached hydrogen (secondary N) is 1. The van der Waals surface area contributed by atoms with Gasteiger partial charge in [0, 0.05) is 17.5 Å². The highest BCUT2D eigenvalue weighted by Crippen LogP contribution is 2.78. The Hall–Kier alpha value is -3.49. The minimum atomic E-state index is -0.826. The van der Waals surface area contributed by atoms with Gasteiger partial charge in [0.2, 0.25) is 5.91 Å². The number of H-pyrrole nitrogens is 1. The van der Waals surface area contributed by atoms with Crippen molar-refractivity contribution in [1.82, 2.24) is 14.9 Å². The van der Waals surface area contributed by atoms with Gasteiger partial charge in [0.1, 0.15) is 17.7 Å². The first-order valence-corrected chi connectivity index (χ1v) is 23.4. The standard InChI is InChI=1S/C51H70FN3O5/c1-29(2)30-18-23-51(45(59)55-26-12-15-37(55)42-53-28-36(54-42)31-13-10-11-14-35(31)52)25-24-49(8)32(41(30)51)16-17-39-48(7)21-20-40(47(5,6)38(48)19-22-50(39,49)9)60-44(58)34-27-33(43(56)57)46(34,3)4/h10-11,13-14,28,30,32-34,37-41H,1,12,15-27H2,2-9H3,(H,53,54)(H,56,57)/t30?,32-,33+,34-,37+,38+,39-,40+,41-,48+,49-,50-,51+/m1/s1. The molecule has 6 saturated carbocycles. The summed E-state index contributed by atoms with van der Waals surface area (Å²) in [6.45, 7) is 23.8. The number of hydrogen-bond acceptors (Lipinski definition) is 5. The maximum Gasteiger partial charge on any atom is 0.309 e. The van der Waals surface area contributed by atoms with Crippen LogP contribution in [-0.4, -0.2) is 50.5 Å². The molecule has 2 aromatic rings. The molecule has 0 radical (unpaired) electrons. The SMILES string of the molecule is C=C(C)C1CC[C@]2(C(=O)N3CCC[C@H]3c3ncc(-c4ccccc4F)[nH]3)CC[C@]3(C)[C@H](CC[C@@H]4[C@@]5(C)CC[C@H](OC(=O)[C@H]6C[C@@H](C(=O)O)C6(C)C)C(C)(C)[C@@H]5CC[C@]43C)[C@@H]12. The van der Waals surface area contributed by atoms with Gasteiger partial charge in [-0.3, -0.25) is 14.4 Å². The minimum absolute atomic E-state index is 0.0698. The van der Waals surface area contributed by atoms with Gasteiger partial charge in [-0.15, -0.1) is 0 Å². The van der Waals surface area contributed by atoms with Crippen molar-refractivity contribution in [3.05, 3.63) is 54.3 Å². The van der Waals surface area contributed by atoms with Gasteiger partial charge < -0.3 is 19.7 Å².